The molecular weight excluding hydrogens is 404 g/mol. The lowest BCUT2D eigenvalue weighted by atomic mass is 10.0. The summed E-state index contributed by atoms with van der Waals surface area (Å²) in [5.74, 6) is -0.368. The number of hydrogen-bond acceptors (Lipinski definition) is 2. The predicted octanol–water partition coefficient (Wildman–Crippen LogP) is 6.79. The summed E-state index contributed by atoms with van der Waals surface area (Å²) in [5, 5.41) is 1.84. The van der Waals surface area contributed by atoms with Crippen molar-refractivity contribution in [3.05, 3.63) is 92.9 Å². The molecule has 0 saturated heterocycles. The molecule has 0 unspecified atom stereocenters. The van der Waals surface area contributed by atoms with Crippen LogP contribution in [0.5, 0.6) is 0 Å². The zero-order valence-corrected chi connectivity index (χ0v) is 16.1. The van der Waals surface area contributed by atoms with Crippen LogP contribution in [0, 0.1) is 5.82 Å². The predicted molar refractivity (Wildman–Crippen MR) is 111 cm³/mol. The van der Waals surface area contributed by atoms with Crippen LogP contribution in [0.3, 0.4) is 0 Å². The van der Waals surface area contributed by atoms with Crippen molar-refractivity contribution in [3.8, 4) is 11.1 Å². The van der Waals surface area contributed by atoms with E-state index in [-0.39, 0.29) is 11.4 Å². The van der Waals surface area contributed by atoms with Crippen LogP contribution in [0.1, 0.15) is 0 Å². The van der Waals surface area contributed by atoms with Crippen LogP contribution in [0.25, 0.3) is 22.0 Å². The Morgan fingerprint density at radius 3 is 2.15 bits per heavy atom. The average molecular weight is 416 g/mol. The van der Waals surface area contributed by atoms with Crippen LogP contribution < -0.4 is 5.56 Å². The molecule has 0 bridgehead atoms. The van der Waals surface area contributed by atoms with E-state index >= 15 is 0 Å². The first-order valence-corrected chi connectivity index (χ1v) is 9.63. The third-order valence-corrected chi connectivity index (χ3v) is 5.70. The summed E-state index contributed by atoms with van der Waals surface area (Å²) in [6.45, 7) is 0. The zero-order valence-electron chi connectivity index (χ0n) is 13.8. The van der Waals surface area contributed by atoms with Gasteiger partial charge in [-0.2, -0.15) is 0 Å². The largest absolute Gasteiger partial charge is 0.321 e. The van der Waals surface area contributed by atoms with E-state index in [2.05, 4.69) is 4.98 Å². The van der Waals surface area contributed by atoms with Crippen molar-refractivity contribution in [2.45, 2.75) is 9.79 Å². The molecule has 0 spiro atoms. The molecule has 4 rings (SSSR count). The van der Waals surface area contributed by atoms with Crippen molar-refractivity contribution in [1.82, 2.24) is 4.98 Å². The third kappa shape index (κ3) is 3.74. The Labute approximate surface area is 169 Å². The van der Waals surface area contributed by atoms with Gasteiger partial charge in [0.1, 0.15) is 5.82 Å². The number of hydrogen-bond donors (Lipinski definition) is 1. The van der Waals surface area contributed by atoms with Gasteiger partial charge in [-0.3, -0.25) is 4.79 Å². The standard InChI is InChI=1S/C21H12Cl2FNOS/c22-13-3-1-12(2-4-13)19-17-11-15(24)7-10-18(17)25-21(26)20(19)27-16-8-5-14(23)6-9-16/h1-11H,(H,25,26). The van der Waals surface area contributed by atoms with E-state index in [0.29, 0.717) is 31.4 Å². The van der Waals surface area contributed by atoms with E-state index in [1.165, 1.54) is 23.9 Å². The second-order valence-corrected chi connectivity index (χ2v) is 7.87. The summed E-state index contributed by atoms with van der Waals surface area (Å²) in [5.41, 5.74) is 1.80. The Balaban J connectivity index is 2.00. The molecule has 0 atom stereocenters. The van der Waals surface area contributed by atoms with Crippen molar-refractivity contribution in [2.24, 2.45) is 0 Å². The maximum absolute atomic E-state index is 14.0. The Hall–Kier alpha value is -2.27. The van der Waals surface area contributed by atoms with E-state index in [1.54, 1.807) is 30.3 Å². The molecule has 0 saturated carbocycles. The number of nitrogens with one attached hydrogen (secondary N) is 1. The van der Waals surface area contributed by atoms with Crippen molar-refractivity contribution < 1.29 is 4.39 Å². The SMILES string of the molecule is O=c1[nH]c2ccc(F)cc2c(-c2ccc(Cl)cc2)c1Sc1ccc(Cl)cc1. The molecule has 27 heavy (non-hydrogen) atoms. The molecule has 6 heteroatoms. The van der Waals surface area contributed by atoms with Gasteiger partial charge in [0.25, 0.3) is 5.56 Å². The molecular formula is C21H12Cl2FNOS. The van der Waals surface area contributed by atoms with Gasteiger partial charge in [-0.05, 0) is 60.2 Å². The molecule has 134 valence electrons. The molecule has 4 aromatic rings. The van der Waals surface area contributed by atoms with E-state index in [1.807, 2.05) is 24.3 Å². The summed E-state index contributed by atoms with van der Waals surface area (Å²) in [6.07, 6.45) is 0. The van der Waals surface area contributed by atoms with E-state index in [0.717, 1.165) is 10.5 Å². The molecule has 0 radical (unpaired) electrons. The van der Waals surface area contributed by atoms with Gasteiger partial charge in [0.15, 0.2) is 0 Å². The average Bonchev–Trinajstić information content (AvgIpc) is 2.65. The van der Waals surface area contributed by atoms with Crippen molar-refractivity contribution in [3.63, 3.8) is 0 Å². The van der Waals surface area contributed by atoms with Gasteiger partial charge in [0.2, 0.25) is 0 Å². The Morgan fingerprint density at radius 2 is 1.48 bits per heavy atom. The van der Waals surface area contributed by atoms with Crippen LogP contribution in [0.4, 0.5) is 4.39 Å². The highest BCUT2D eigenvalue weighted by molar-refractivity contribution is 7.99. The fourth-order valence-corrected chi connectivity index (χ4v) is 4.10. The highest BCUT2D eigenvalue weighted by atomic mass is 35.5. The van der Waals surface area contributed by atoms with E-state index in [4.69, 9.17) is 23.2 Å². The van der Waals surface area contributed by atoms with Crippen LogP contribution in [-0.4, -0.2) is 4.98 Å². The topological polar surface area (TPSA) is 32.9 Å². The molecule has 1 aromatic heterocycles. The Bertz CT molecular complexity index is 1190. The second kappa shape index (κ2) is 7.39. The monoisotopic (exact) mass is 415 g/mol. The quantitative estimate of drug-likeness (QED) is 0.399. The first-order chi connectivity index (χ1) is 13.0. The van der Waals surface area contributed by atoms with E-state index < -0.39 is 0 Å². The number of aromatic amines is 1. The molecule has 1 heterocycles. The summed E-state index contributed by atoms with van der Waals surface area (Å²) in [7, 11) is 0. The maximum atomic E-state index is 14.0. The number of rotatable bonds is 3. The Kier molecular flexibility index (Phi) is 4.96. The minimum atomic E-state index is -0.368. The first kappa shape index (κ1) is 18.1. The fourth-order valence-electron chi connectivity index (χ4n) is 2.87. The lowest BCUT2D eigenvalue weighted by molar-refractivity contribution is 0.629. The molecule has 0 aliphatic carbocycles. The van der Waals surface area contributed by atoms with Crippen LogP contribution in [0.15, 0.2) is 81.3 Å². The van der Waals surface area contributed by atoms with Crippen molar-refractivity contribution >= 4 is 45.9 Å². The smallest absolute Gasteiger partial charge is 0.263 e. The summed E-state index contributed by atoms with van der Waals surface area (Å²) in [6, 6.07) is 18.7. The van der Waals surface area contributed by atoms with Gasteiger partial charge in [-0.15, -0.1) is 0 Å². The number of benzene rings is 3. The number of aromatic nitrogens is 1. The van der Waals surface area contributed by atoms with Crippen molar-refractivity contribution in [1.29, 1.82) is 0 Å². The lowest BCUT2D eigenvalue weighted by Gasteiger charge is -2.13. The minimum absolute atomic E-state index is 0.237. The fraction of sp³-hybridized carbons (Fsp3) is 0. The number of H-pyrrole nitrogens is 1. The van der Waals surface area contributed by atoms with Gasteiger partial charge in [-0.1, -0.05) is 47.1 Å². The molecule has 1 N–H and O–H groups in total. The van der Waals surface area contributed by atoms with Crippen molar-refractivity contribution in [2.75, 3.05) is 0 Å². The summed E-state index contributed by atoms with van der Waals surface area (Å²) >= 11 is 13.3. The zero-order chi connectivity index (χ0) is 19.0. The highest BCUT2D eigenvalue weighted by Gasteiger charge is 2.16. The molecule has 0 aliphatic heterocycles. The molecule has 3 aromatic carbocycles. The molecule has 2 nitrogen and oxygen atoms in total. The summed E-state index contributed by atoms with van der Waals surface area (Å²) in [4.78, 5) is 17.0. The maximum Gasteiger partial charge on any atom is 0.263 e. The highest BCUT2D eigenvalue weighted by Crippen LogP contribution is 2.38. The van der Waals surface area contributed by atoms with Gasteiger partial charge in [-0.25, -0.2) is 4.39 Å². The van der Waals surface area contributed by atoms with Gasteiger partial charge in [0.05, 0.1) is 4.90 Å². The van der Waals surface area contributed by atoms with Crippen LogP contribution in [0.2, 0.25) is 10.0 Å². The van der Waals surface area contributed by atoms with E-state index in [9.17, 15) is 9.18 Å². The van der Waals surface area contributed by atoms with Gasteiger partial charge in [0, 0.05) is 31.4 Å². The molecule has 0 amide bonds. The minimum Gasteiger partial charge on any atom is -0.321 e. The number of halogens is 3. The van der Waals surface area contributed by atoms with Crippen LogP contribution in [-0.2, 0) is 0 Å². The van der Waals surface area contributed by atoms with Crippen LogP contribution >= 0.6 is 35.0 Å². The normalized spacial score (nSPS) is 11.1. The van der Waals surface area contributed by atoms with Gasteiger partial charge < -0.3 is 4.98 Å². The Morgan fingerprint density at radius 1 is 0.852 bits per heavy atom. The van der Waals surface area contributed by atoms with Gasteiger partial charge >= 0.3 is 0 Å². The molecule has 0 fully saturated rings. The third-order valence-electron chi connectivity index (χ3n) is 4.10. The molecule has 0 aliphatic rings. The number of fused-ring (bicyclic) bond motifs is 1. The lowest BCUT2D eigenvalue weighted by Crippen LogP contribution is -2.10. The summed E-state index contributed by atoms with van der Waals surface area (Å²) < 4.78 is 14.0. The second-order valence-electron chi connectivity index (χ2n) is 5.91. The first-order valence-electron chi connectivity index (χ1n) is 8.06. The number of pyridine rings is 1.